The minimum atomic E-state index is -0.483. The molecule has 2 amide bonds. The molecule has 0 radical (unpaired) electrons. The van der Waals surface area contributed by atoms with E-state index in [0.717, 1.165) is 5.56 Å². The lowest BCUT2D eigenvalue weighted by atomic mass is 10.1. The highest BCUT2D eigenvalue weighted by molar-refractivity contribution is 7.17. The summed E-state index contributed by atoms with van der Waals surface area (Å²) in [6.45, 7) is 0.209. The van der Waals surface area contributed by atoms with Crippen molar-refractivity contribution in [3.8, 4) is 5.75 Å². The number of rotatable bonds is 3. The first-order valence-corrected chi connectivity index (χ1v) is 8.29. The van der Waals surface area contributed by atoms with E-state index in [1.165, 1.54) is 11.3 Å². The molecule has 3 heterocycles. The highest BCUT2D eigenvalue weighted by Crippen LogP contribution is 2.28. The van der Waals surface area contributed by atoms with Crippen LogP contribution in [0.1, 0.15) is 16.2 Å². The number of anilines is 1. The maximum absolute atomic E-state index is 12.2. The van der Waals surface area contributed by atoms with E-state index < -0.39 is 5.91 Å². The molecule has 0 aliphatic carbocycles. The second kappa shape index (κ2) is 6.02. The summed E-state index contributed by atoms with van der Waals surface area (Å²) in [5, 5.41) is 7.15. The molecule has 0 unspecified atom stereocenters. The van der Waals surface area contributed by atoms with Gasteiger partial charge in [0.25, 0.3) is 17.4 Å². The van der Waals surface area contributed by atoms with Crippen molar-refractivity contribution in [2.45, 2.75) is 6.54 Å². The first kappa shape index (κ1) is 15.3. The number of hydrogen-bond acceptors (Lipinski definition) is 6. The van der Waals surface area contributed by atoms with E-state index in [1.54, 1.807) is 29.6 Å². The highest BCUT2D eigenvalue weighted by Gasteiger charge is 2.16. The number of ether oxygens (including phenoxy) is 1. The number of thiophene rings is 1. The monoisotopic (exact) mass is 356 g/mol. The smallest absolute Gasteiger partial charge is 0.287 e. The summed E-state index contributed by atoms with van der Waals surface area (Å²) in [4.78, 5) is 42.1. The van der Waals surface area contributed by atoms with Gasteiger partial charge in [-0.15, -0.1) is 11.3 Å². The second-order valence-corrected chi connectivity index (χ2v) is 6.32. The quantitative estimate of drug-likeness (QED) is 0.654. The van der Waals surface area contributed by atoms with E-state index in [4.69, 9.17) is 4.74 Å². The Hall–Kier alpha value is -3.20. The molecule has 3 aromatic rings. The number of nitrogens with one attached hydrogen (secondary N) is 3. The Labute approximate surface area is 144 Å². The van der Waals surface area contributed by atoms with E-state index in [0.29, 0.717) is 21.7 Å². The van der Waals surface area contributed by atoms with Gasteiger partial charge in [-0.05, 0) is 29.1 Å². The number of nitrogens with zero attached hydrogens (tertiary/aromatic N) is 1. The third kappa shape index (κ3) is 2.96. The zero-order valence-electron chi connectivity index (χ0n) is 12.8. The van der Waals surface area contributed by atoms with Crippen LogP contribution < -0.4 is 20.9 Å². The zero-order valence-corrected chi connectivity index (χ0v) is 13.6. The van der Waals surface area contributed by atoms with Gasteiger partial charge in [0.2, 0.25) is 0 Å². The van der Waals surface area contributed by atoms with E-state index in [1.807, 2.05) is 0 Å². The van der Waals surface area contributed by atoms with Crippen molar-refractivity contribution in [2.24, 2.45) is 0 Å². The van der Waals surface area contributed by atoms with Crippen LogP contribution >= 0.6 is 11.3 Å². The molecular formula is C16H12N4O4S. The fourth-order valence-electron chi connectivity index (χ4n) is 2.49. The Morgan fingerprint density at radius 2 is 2.20 bits per heavy atom. The molecule has 0 atom stereocenters. The van der Waals surface area contributed by atoms with Crippen LogP contribution in [0.4, 0.5) is 5.69 Å². The lowest BCUT2D eigenvalue weighted by Crippen LogP contribution is -2.28. The summed E-state index contributed by atoms with van der Waals surface area (Å²) in [6, 6.07) is 6.94. The number of H-pyrrole nitrogens is 1. The maximum atomic E-state index is 12.2. The molecule has 1 aliphatic heterocycles. The Morgan fingerprint density at radius 1 is 1.32 bits per heavy atom. The predicted octanol–water partition coefficient (Wildman–Crippen LogP) is 1.25. The normalized spacial score (nSPS) is 13.0. The molecule has 9 heteroatoms. The van der Waals surface area contributed by atoms with Crippen LogP contribution in [0.25, 0.3) is 10.2 Å². The van der Waals surface area contributed by atoms with Crippen LogP contribution in [0.2, 0.25) is 0 Å². The lowest BCUT2D eigenvalue weighted by molar-refractivity contribution is -0.118. The Bertz CT molecular complexity index is 1060. The summed E-state index contributed by atoms with van der Waals surface area (Å²) in [5.41, 5.74) is 1.50. The maximum Gasteiger partial charge on any atom is 0.287 e. The summed E-state index contributed by atoms with van der Waals surface area (Å²) >= 11 is 1.27. The third-order valence-electron chi connectivity index (χ3n) is 3.66. The van der Waals surface area contributed by atoms with Gasteiger partial charge in [0, 0.05) is 6.54 Å². The topological polar surface area (TPSA) is 113 Å². The van der Waals surface area contributed by atoms with Crippen molar-refractivity contribution < 1.29 is 14.3 Å². The van der Waals surface area contributed by atoms with Crippen LogP contribution in [-0.4, -0.2) is 28.4 Å². The average Bonchev–Trinajstić information content (AvgIpc) is 3.08. The summed E-state index contributed by atoms with van der Waals surface area (Å²) < 4.78 is 5.77. The van der Waals surface area contributed by atoms with Gasteiger partial charge in [-0.25, -0.2) is 4.98 Å². The minimum Gasteiger partial charge on any atom is -0.482 e. The van der Waals surface area contributed by atoms with Crippen LogP contribution in [0.15, 0.2) is 34.4 Å². The van der Waals surface area contributed by atoms with Gasteiger partial charge < -0.3 is 20.4 Å². The van der Waals surface area contributed by atoms with Crippen LogP contribution in [0, 0.1) is 0 Å². The fourth-order valence-corrected chi connectivity index (χ4v) is 3.21. The van der Waals surface area contributed by atoms with Gasteiger partial charge in [-0.2, -0.15) is 0 Å². The van der Waals surface area contributed by atoms with Gasteiger partial charge in [-0.1, -0.05) is 6.07 Å². The van der Waals surface area contributed by atoms with E-state index in [-0.39, 0.29) is 30.4 Å². The predicted molar refractivity (Wildman–Crippen MR) is 92.0 cm³/mol. The SMILES string of the molecule is O=C1COc2ccc(CNC(=O)c3nc4ccsc4c(=O)[nH]3)cc2N1. The van der Waals surface area contributed by atoms with Crippen LogP contribution in [0.3, 0.4) is 0 Å². The van der Waals surface area contributed by atoms with Crippen molar-refractivity contribution in [1.29, 1.82) is 0 Å². The fraction of sp³-hybridized carbons (Fsp3) is 0.125. The van der Waals surface area contributed by atoms with E-state index in [9.17, 15) is 14.4 Å². The molecule has 1 aliphatic rings. The number of aromatic nitrogens is 2. The molecule has 0 saturated heterocycles. The van der Waals surface area contributed by atoms with Gasteiger partial charge >= 0.3 is 0 Å². The standard InChI is InChI=1S/C16H12N4O4S/c21-12-7-24-11-2-1-8(5-10(11)18-12)6-17-16(23)14-19-9-3-4-25-13(9)15(22)20-14/h1-5H,6-7H2,(H,17,23)(H,18,21)(H,19,20,22). The molecule has 4 rings (SSSR count). The molecule has 0 bridgehead atoms. The van der Waals surface area contributed by atoms with Crippen LogP contribution in [0.5, 0.6) is 5.75 Å². The number of hydrogen-bond donors (Lipinski definition) is 3. The lowest BCUT2D eigenvalue weighted by Gasteiger charge is -2.18. The number of fused-ring (bicyclic) bond motifs is 2. The number of benzene rings is 1. The minimum absolute atomic E-state index is 0.00677. The molecule has 3 N–H and O–H groups in total. The van der Waals surface area contributed by atoms with Gasteiger partial charge in [0.1, 0.15) is 10.4 Å². The first-order valence-electron chi connectivity index (χ1n) is 7.41. The molecule has 126 valence electrons. The van der Waals surface area contributed by atoms with Crippen LogP contribution in [-0.2, 0) is 11.3 Å². The molecule has 25 heavy (non-hydrogen) atoms. The number of aromatic amines is 1. The van der Waals surface area contributed by atoms with E-state index >= 15 is 0 Å². The molecule has 2 aromatic heterocycles. The summed E-state index contributed by atoms with van der Waals surface area (Å²) in [7, 11) is 0. The number of carbonyl (C=O) groups excluding carboxylic acids is 2. The summed E-state index contributed by atoms with van der Waals surface area (Å²) in [6.07, 6.45) is 0. The Balaban J connectivity index is 1.50. The summed E-state index contributed by atoms with van der Waals surface area (Å²) in [5.74, 6) is -0.156. The van der Waals surface area contributed by atoms with Crippen molar-refractivity contribution in [3.63, 3.8) is 0 Å². The van der Waals surface area contributed by atoms with Gasteiger partial charge in [0.05, 0.1) is 11.2 Å². The van der Waals surface area contributed by atoms with Crippen molar-refractivity contribution in [3.05, 3.63) is 51.4 Å². The third-order valence-corrected chi connectivity index (χ3v) is 4.56. The molecule has 0 saturated carbocycles. The largest absolute Gasteiger partial charge is 0.482 e. The molecular weight excluding hydrogens is 344 g/mol. The molecule has 8 nitrogen and oxygen atoms in total. The molecule has 0 spiro atoms. The molecule has 0 fully saturated rings. The average molecular weight is 356 g/mol. The number of amides is 2. The first-order chi connectivity index (χ1) is 12.1. The highest BCUT2D eigenvalue weighted by atomic mass is 32.1. The van der Waals surface area contributed by atoms with Crippen molar-refractivity contribution >= 4 is 39.1 Å². The number of carbonyl (C=O) groups is 2. The van der Waals surface area contributed by atoms with Crippen molar-refractivity contribution in [2.75, 3.05) is 11.9 Å². The van der Waals surface area contributed by atoms with Gasteiger partial charge in [-0.3, -0.25) is 14.4 Å². The Morgan fingerprint density at radius 3 is 3.08 bits per heavy atom. The zero-order chi connectivity index (χ0) is 17.4. The van der Waals surface area contributed by atoms with Gasteiger partial charge in [0.15, 0.2) is 12.4 Å². The molecule has 1 aromatic carbocycles. The van der Waals surface area contributed by atoms with Crippen molar-refractivity contribution in [1.82, 2.24) is 15.3 Å². The van der Waals surface area contributed by atoms with E-state index in [2.05, 4.69) is 20.6 Å². The second-order valence-electron chi connectivity index (χ2n) is 5.40. The Kier molecular flexibility index (Phi) is 3.69.